The van der Waals surface area contributed by atoms with Gasteiger partial charge in [-0.05, 0) is 0 Å². The maximum absolute atomic E-state index is 0. The van der Waals surface area contributed by atoms with Gasteiger partial charge in [-0.3, -0.25) is 0 Å². The Hall–Kier alpha value is 1.27. The molecule has 0 radical (unpaired) electrons. The SMILES string of the molecule is [NH4+].[NH4+].[NaH].[S-2]. The van der Waals surface area contributed by atoms with Crippen molar-refractivity contribution in [3.8, 4) is 0 Å². The molecular formula is H9N2NaS. The second kappa shape index (κ2) is 28.3. The zero-order chi connectivity index (χ0) is 0. The van der Waals surface area contributed by atoms with Crippen molar-refractivity contribution in [1.82, 2.24) is 12.3 Å². The molecule has 0 bridgehead atoms. The standard InChI is InChI=1S/2H3N.Na.S.H/h2*1H3;;;/q;;;-2;/p+2. The third kappa shape index (κ3) is 10.4. The fourth-order valence-electron chi connectivity index (χ4n) is 0. The Labute approximate surface area is 55.2 Å². The van der Waals surface area contributed by atoms with E-state index in [1.54, 1.807) is 0 Å². The molecule has 4 heteroatoms. The number of hydrogen-bond acceptors (Lipinski definition) is 0. The van der Waals surface area contributed by atoms with Gasteiger partial charge in [-0.2, -0.15) is 0 Å². The molecule has 0 aromatic carbocycles. The monoisotopic (exact) mass is 92.0 g/mol. The second-order valence-electron chi connectivity index (χ2n) is 0. The van der Waals surface area contributed by atoms with Crippen molar-refractivity contribution in [1.29, 1.82) is 0 Å². The van der Waals surface area contributed by atoms with Crippen LogP contribution in [0.2, 0.25) is 0 Å². The van der Waals surface area contributed by atoms with Gasteiger partial charge in [-0.25, -0.2) is 0 Å². The molecule has 0 aromatic heterocycles. The van der Waals surface area contributed by atoms with E-state index in [4.69, 9.17) is 0 Å². The molecule has 26 valence electrons. The van der Waals surface area contributed by atoms with Crippen LogP contribution in [0.4, 0.5) is 0 Å². The van der Waals surface area contributed by atoms with Gasteiger partial charge in [0.05, 0.1) is 0 Å². The molecule has 8 N–H and O–H groups in total. The predicted octanol–water partition coefficient (Wildman–Crippen LogP) is 0.101. The minimum atomic E-state index is 0. The van der Waals surface area contributed by atoms with Gasteiger partial charge in [0.2, 0.25) is 0 Å². The fraction of sp³-hybridized carbons (Fsp3) is 0. The predicted molar refractivity (Wildman–Crippen MR) is 26.5 cm³/mol. The van der Waals surface area contributed by atoms with Gasteiger partial charge in [0.15, 0.2) is 0 Å². The van der Waals surface area contributed by atoms with Crippen LogP contribution >= 0.6 is 0 Å². The Morgan fingerprint density at radius 2 is 0.750 bits per heavy atom. The van der Waals surface area contributed by atoms with Gasteiger partial charge in [0, 0.05) is 0 Å². The van der Waals surface area contributed by atoms with Crippen LogP contribution in [-0.2, 0) is 13.5 Å². The largest absolute Gasteiger partial charge is 2.00 e. The van der Waals surface area contributed by atoms with Crippen LogP contribution in [0.3, 0.4) is 0 Å². The van der Waals surface area contributed by atoms with Crippen molar-refractivity contribution in [2.75, 3.05) is 0 Å². The summed E-state index contributed by atoms with van der Waals surface area (Å²) in [7, 11) is 0. The molecule has 0 rings (SSSR count). The fourth-order valence-corrected chi connectivity index (χ4v) is 0. The Balaban J connectivity index is 0. The zero-order valence-electron chi connectivity index (χ0n) is 2.41. The smallest absolute Gasteiger partial charge is 2.00 e. The molecular weight excluding hydrogens is 83.1 g/mol. The number of hydrogen-bond donors (Lipinski definition) is 2. The molecule has 0 aromatic rings. The van der Waals surface area contributed by atoms with E-state index in [0.717, 1.165) is 0 Å². The third-order valence-corrected chi connectivity index (χ3v) is 0. The summed E-state index contributed by atoms with van der Waals surface area (Å²) >= 11 is 0. The minimum Gasteiger partial charge on any atom is -2.00 e. The van der Waals surface area contributed by atoms with Gasteiger partial charge in [-0.15, -0.1) is 0 Å². The molecule has 2 nitrogen and oxygen atoms in total. The maximum Gasteiger partial charge on any atom is -2.00 e. The van der Waals surface area contributed by atoms with Crippen molar-refractivity contribution >= 4 is 43.1 Å². The maximum atomic E-state index is 0. The third-order valence-electron chi connectivity index (χ3n) is 0. The zero-order valence-corrected chi connectivity index (χ0v) is 3.22. The molecule has 0 fully saturated rings. The Morgan fingerprint density at radius 3 is 0.750 bits per heavy atom. The summed E-state index contributed by atoms with van der Waals surface area (Å²) in [6, 6.07) is 0. The van der Waals surface area contributed by atoms with Gasteiger partial charge < -0.3 is 25.8 Å². The topological polar surface area (TPSA) is 73.0 Å². The Morgan fingerprint density at radius 1 is 0.750 bits per heavy atom. The summed E-state index contributed by atoms with van der Waals surface area (Å²) in [6.45, 7) is 0. The van der Waals surface area contributed by atoms with Gasteiger partial charge in [0.1, 0.15) is 0 Å². The molecule has 0 atom stereocenters. The van der Waals surface area contributed by atoms with E-state index in [1.807, 2.05) is 0 Å². The average molecular weight is 92.1 g/mol. The first kappa shape index (κ1) is 59.6. The van der Waals surface area contributed by atoms with Crippen LogP contribution in [0.1, 0.15) is 0 Å². The molecule has 0 aliphatic rings. The van der Waals surface area contributed by atoms with Crippen LogP contribution in [0.5, 0.6) is 0 Å². The van der Waals surface area contributed by atoms with E-state index in [2.05, 4.69) is 0 Å². The molecule has 0 aliphatic carbocycles. The molecule has 0 heterocycles. The molecule has 0 unspecified atom stereocenters. The number of rotatable bonds is 0. The van der Waals surface area contributed by atoms with Crippen molar-refractivity contribution < 1.29 is 0 Å². The van der Waals surface area contributed by atoms with Gasteiger partial charge >= 0.3 is 29.6 Å². The summed E-state index contributed by atoms with van der Waals surface area (Å²) in [5.41, 5.74) is 0. The summed E-state index contributed by atoms with van der Waals surface area (Å²) < 4.78 is 0. The first-order valence-corrected chi connectivity index (χ1v) is 0. The van der Waals surface area contributed by atoms with Crippen molar-refractivity contribution in [3.63, 3.8) is 0 Å². The average Bonchev–Trinajstić information content (AvgIpc) is 0. The van der Waals surface area contributed by atoms with Gasteiger partial charge in [0.25, 0.3) is 0 Å². The summed E-state index contributed by atoms with van der Waals surface area (Å²) in [4.78, 5) is 0. The molecule has 0 saturated heterocycles. The van der Waals surface area contributed by atoms with Crippen LogP contribution in [0.25, 0.3) is 0 Å². The molecule has 0 amide bonds. The van der Waals surface area contributed by atoms with Crippen LogP contribution < -0.4 is 12.3 Å². The second-order valence-corrected chi connectivity index (χ2v) is 0. The quantitative estimate of drug-likeness (QED) is 0.398. The molecule has 0 saturated carbocycles. The first-order valence-electron chi connectivity index (χ1n) is 0. The van der Waals surface area contributed by atoms with E-state index in [-0.39, 0.29) is 55.4 Å². The van der Waals surface area contributed by atoms with Gasteiger partial charge in [-0.1, -0.05) is 0 Å². The molecule has 0 aliphatic heterocycles. The summed E-state index contributed by atoms with van der Waals surface area (Å²) in [6.07, 6.45) is 0. The Bertz CT molecular complexity index is 6.00. The minimum absolute atomic E-state index is 0. The van der Waals surface area contributed by atoms with Crippen LogP contribution in [0.15, 0.2) is 0 Å². The van der Waals surface area contributed by atoms with E-state index >= 15 is 0 Å². The number of quaternary nitrogens is 2. The first-order chi connectivity index (χ1) is 0. The molecule has 4 heavy (non-hydrogen) atoms. The van der Waals surface area contributed by atoms with E-state index < -0.39 is 0 Å². The van der Waals surface area contributed by atoms with Crippen molar-refractivity contribution in [2.45, 2.75) is 0 Å². The summed E-state index contributed by atoms with van der Waals surface area (Å²) in [5, 5.41) is 0. The Kier molecular flexibility index (Phi) is 422. The van der Waals surface area contributed by atoms with E-state index in [1.165, 1.54) is 0 Å². The summed E-state index contributed by atoms with van der Waals surface area (Å²) in [5.74, 6) is 0. The van der Waals surface area contributed by atoms with Crippen LogP contribution in [0, 0.1) is 0 Å². The van der Waals surface area contributed by atoms with Crippen molar-refractivity contribution in [2.24, 2.45) is 0 Å². The van der Waals surface area contributed by atoms with Crippen molar-refractivity contribution in [3.05, 3.63) is 0 Å². The van der Waals surface area contributed by atoms with Crippen LogP contribution in [-0.4, -0.2) is 29.6 Å². The van der Waals surface area contributed by atoms with E-state index in [0.29, 0.717) is 0 Å². The normalized spacial score (nSPS) is 0. The van der Waals surface area contributed by atoms with E-state index in [9.17, 15) is 0 Å². The molecule has 0 spiro atoms.